The molecule has 1 amide bonds. The third kappa shape index (κ3) is 8.22. The zero-order chi connectivity index (χ0) is 22.5. The quantitative estimate of drug-likeness (QED) is 0.253. The van der Waals surface area contributed by atoms with Gasteiger partial charge in [0.25, 0.3) is 5.91 Å². The molecule has 0 aliphatic heterocycles. The van der Waals surface area contributed by atoms with Gasteiger partial charge in [0.1, 0.15) is 11.6 Å². The van der Waals surface area contributed by atoms with Gasteiger partial charge in [0.2, 0.25) is 0 Å². The number of nitrogens with one attached hydrogen (secondary N) is 1. The molecule has 1 aromatic carbocycles. The van der Waals surface area contributed by atoms with Crippen LogP contribution in [-0.2, 0) is 11.3 Å². The van der Waals surface area contributed by atoms with Gasteiger partial charge in [-0.05, 0) is 45.6 Å². The van der Waals surface area contributed by atoms with Crippen LogP contribution in [0.1, 0.15) is 63.9 Å². The minimum atomic E-state index is -0.280. The van der Waals surface area contributed by atoms with E-state index in [1.165, 1.54) is 32.1 Å². The fourth-order valence-corrected chi connectivity index (χ4v) is 3.82. The zero-order valence-corrected chi connectivity index (χ0v) is 19.5. The predicted octanol–water partition coefficient (Wildman–Crippen LogP) is 5.37. The fraction of sp³-hybridized carbons (Fsp3) is 0.538. The van der Waals surface area contributed by atoms with Crippen LogP contribution >= 0.6 is 0 Å². The fourth-order valence-electron chi connectivity index (χ4n) is 3.82. The van der Waals surface area contributed by atoms with E-state index >= 15 is 0 Å². The second-order valence-corrected chi connectivity index (χ2v) is 8.50. The molecule has 0 bridgehead atoms. The molecule has 0 spiro atoms. The molecule has 1 N–H and O–H groups in total. The Kier molecular flexibility index (Phi) is 10.9. The second kappa shape index (κ2) is 13.7. The van der Waals surface area contributed by atoms with Gasteiger partial charge in [-0.25, -0.2) is 0 Å². The highest BCUT2D eigenvalue weighted by atomic mass is 16.1. The number of rotatable bonds is 14. The number of nitrogens with zero attached hydrogens (tertiary/aromatic N) is 3. The zero-order valence-electron chi connectivity index (χ0n) is 19.5. The van der Waals surface area contributed by atoms with Crippen molar-refractivity contribution in [3.05, 3.63) is 41.6 Å². The largest absolute Gasteiger partial charge is 0.351 e. The van der Waals surface area contributed by atoms with Crippen molar-refractivity contribution in [3.8, 4) is 6.07 Å². The Morgan fingerprint density at radius 1 is 1.10 bits per heavy atom. The monoisotopic (exact) mass is 422 g/mol. The number of amides is 1. The molecule has 2 aromatic rings. The van der Waals surface area contributed by atoms with E-state index < -0.39 is 0 Å². The minimum absolute atomic E-state index is 0.166. The highest BCUT2D eigenvalue weighted by Gasteiger charge is 2.12. The molecule has 0 atom stereocenters. The number of para-hydroxylation sites is 1. The van der Waals surface area contributed by atoms with Gasteiger partial charge in [-0.3, -0.25) is 4.79 Å². The van der Waals surface area contributed by atoms with Crippen LogP contribution in [0.2, 0.25) is 0 Å². The number of aromatic nitrogens is 1. The summed E-state index contributed by atoms with van der Waals surface area (Å²) in [5.41, 5.74) is 2.22. The summed E-state index contributed by atoms with van der Waals surface area (Å²) < 4.78 is 2.22. The van der Waals surface area contributed by atoms with Crippen molar-refractivity contribution in [1.29, 1.82) is 5.26 Å². The number of unbranched alkanes of at least 4 members (excludes halogenated alkanes) is 6. The molecule has 168 valence electrons. The minimum Gasteiger partial charge on any atom is -0.351 e. The number of hydrogen-bond acceptors (Lipinski definition) is 3. The van der Waals surface area contributed by atoms with Gasteiger partial charge >= 0.3 is 0 Å². The molecule has 0 aliphatic rings. The molecule has 0 fully saturated rings. The normalized spacial score (nSPS) is 11.8. The van der Waals surface area contributed by atoms with Crippen molar-refractivity contribution in [2.75, 3.05) is 27.2 Å². The molecule has 0 radical (unpaired) electrons. The smallest absolute Gasteiger partial charge is 0.261 e. The van der Waals surface area contributed by atoms with Crippen molar-refractivity contribution in [2.45, 2.75) is 64.8 Å². The molecule has 5 nitrogen and oxygen atoms in total. The molecule has 0 saturated carbocycles. The molecule has 1 aromatic heterocycles. The van der Waals surface area contributed by atoms with E-state index in [0.29, 0.717) is 6.54 Å². The molecule has 0 unspecified atom stereocenters. The first-order valence-corrected chi connectivity index (χ1v) is 11.7. The van der Waals surface area contributed by atoms with Crippen LogP contribution in [0.4, 0.5) is 0 Å². The van der Waals surface area contributed by atoms with E-state index in [4.69, 9.17) is 0 Å². The Morgan fingerprint density at radius 2 is 1.81 bits per heavy atom. The van der Waals surface area contributed by atoms with E-state index in [0.717, 1.165) is 48.8 Å². The lowest BCUT2D eigenvalue weighted by atomic mass is 10.1. The van der Waals surface area contributed by atoms with Crippen molar-refractivity contribution in [3.63, 3.8) is 0 Å². The Labute approximate surface area is 187 Å². The Bertz CT molecular complexity index is 888. The highest BCUT2D eigenvalue weighted by molar-refractivity contribution is 6.04. The molecular weight excluding hydrogens is 384 g/mol. The highest BCUT2D eigenvalue weighted by Crippen LogP contribution is 2.24. The number of hydrogen-bond donors (Lipinski definition) is 1. The number of nitriles is 1. The molecule has 1 heterocycles. The SMILES string of the molecule is CCCCCCCCCNC(=O)/C(C#N)=C/c1cn(CCCN(C)C)c2ccccc12. The van der Waals surface area contributed by atoms with Crippen molar-refractivity contribution in [1.82, 2.24) is 14.8 Å². The van der Waals surface area contributed by atoms with Gasteiger partial charge < -0.3 is 14.8 Å². The van der Waals surface area contributed by atoms with Crippen LogP contribution in [0, 0.1) is 11.3 Å². The Balaban J connectivity index is 1.98. The van der Waals surface area contributed by atoms with Crippen LogP contribution in [-0.4, -0.2) is 42.6 Å². The molecule has 0 saturated heterocycles. The predicted molar refractivity (Wildman–Crippen MR) is 130 cm³/mol. The van der Waals surface area contributed by atoms with Crippen molar-refractivity contribution >= 4 is 22.9 Å². The number of aryl methyl sites for hydroxylation is 1. The summed E-state index contributed by atoms with van der Waals surface area (Å²) in [7, 11) is 4.15. The van der Waals surface area contributed by atoms with Crippen LogP contribution in [0.25, 0.3) is 17.0 Å². The maximum atomic E-state index is 12.5. The molecule has 0 aliphatic carbocycles. The second-order valence-electron chi connectivity index (χ2n) is 8.50. The number of benzene rings is 1. The lowest BCUT2D eigenvalue weighted by Crippen LogP contribution is -2.25. The first kappa shape index (κ1) is 24.7. The average Bonchev–Trinajstić information content (AvgIpc) is 3.11. The maximum Gasteiger partial charge on any atom is 0.261 e. The third-order valence-corrected chi connectivity index (χ3v) is 5.55. The molecule has 2 rings (SSSR count). The number of fused-ring (bicyclic) bond motifs is 1. The summed E-state index contributed by atoms with van der Waals surface area (Å²) in [5.74, 6) is -0.280. The maximum absolute atomic E-state index is 12.5. The van der Waals surface area contributed by atoms with E-state index in [-0.39, 0.29) is 11.5 Å². The third-order valence-electron chi connectivity index (χ3n) is 5.55. The summed E-state index contributed by atoms with van der Waals surface area (Å²) >= 11 is 0. The van der Waals surface area contributed by atoms with Gasteiger partial charge in [0.15, 0.2) is 0 Å². The summed E-state index contributed by atoms with van der Waals surface area (Å²) in [6, 6.07) is 10.3. The van der Waals surface area contributed by atoms with Crippen LogP contribution in [0.5, 0.6) is 0 Å². The number of carbonyl (C=O) groups is 1. The standard InChI is InChI=1S/C26H38N4O/c1-4-5-6-7-8-9-12-16-28-26(31)22(20-27)19-23-21-30(18-13-17-29(2)3)25-15-11-10-14-24(23)25/h10-11,14-15,19,21H,4-9,12-13,16-18H2,1-3H3,(H,28,31)/b22-19+. The molecular formula is C26H38N4O. The van der Waals surface area contributed by atoms with Gasteiger partial charge in [0.05, 0.1) is 0 Å². The van der Waals surface area contributed by atoms with Crippen molar-refractivity contribution in [2.24, 2.45) is 0 Å². The first-order valence-electron chi connectivity index (χ1n) is 11.7. The van der Waals surface area contributed by atoms with Crippen molar-refractivity contribution < 1.29 is 4.79 Å². The molecule has 5 heteroatoms. The van der Waals surface area contributed by atoms with E-state index in [1.807, 2.05) is 12.1 Å². The van der Waals surface area contributed by atoms with Crippen LogP contribution in [0.3, 0.4) is 0 Å². The summed E-state index contributed by atoms with van der Waals surface area (Å²) in [6.07, 6.45) is 13.2. The summed E-state index contributed by atoms with van der Waals surface area (Å²) in [4.78, 5) is 14.7. The van der Waals surface area contributed by atoms with Gasteiger partial charge in [-0.15, -0.1) is 0 Å². The molecule has 31 heavy (non-hydrogen) atoms. The van der Waals surface area contributed by atoms with Gasteiger partial charge in [0, 0.05) is 35.8 Å². The summed E-state index contributed by atoms with van der Waals surface area (Å²) in [6.45, 7) is 4.76. The number of carbonyl (C=O) groups excluding carboxylic acids is 1. The lowest BCUT2D eigenvalue weighted by molar-refractivity contribution is -0.117. The van der Waals surface area contributed by atoms with Crippen LogP contribution < -0.4 is 5.32 Å². The van der Waals surface area contributed by atoms with E-state index in [1.54, 1.807) is 6.08 Å². The Morgan fingerprint density at radius 3 is 2.52 bits per heavy atom. The average molecular weight is 423 g/mol. The topological polar surface area (TPSA) is 61.1 Å². The van der Waals surface area contributed by atoms with E-state index in [2.05, 4.69) is 60.2 Å². The Hall–Kier alpha value is -2.58. The van der Waals surface area contributed by atoms with Gasteiger partial charge in [-0.1, -0.05) is 63.6 Å². The van der Waals surface area contributed by atoms with Gasteiger partial charge in [-0.2, -0.15) is 5.26 Å². The lowest BCUT2D eigenvalue weighted by Gasteiger charge is -2.10. The summed E-state index contributed by atoms with van der Waals surface area (Å²) in [5, 5.41) is 13.6. The first-order chi connectivity index (χ1) is 15.1. The van der Waals surface area contributed by atoms with Crippen LogP contribution in [0.15, 0.2) is 36.0 Å². The van der Waals surface area contributed by atoms with E-state index in [9.17, 15) is 10.1 Å².